The average Bonchev–Trinajstić information content (AvgIpc) is 2.23. The number of terminal acetylenes is 1. The summed E-state index contributed by atoms with van der Waals surface area (Å²) >= 11 is 0. The highest BCUT2D eigenvalue weighted by molar-refractivity contribution is 5.22. The van der Waals surface area contributed by atoms with E-state index in [-0.39, 0.29) is 18.4 Å². The molecule has 4 heteroatoms. The van der Waals surface area contributed by atoms with Crippen molar-refractivity contribution in [1.29, 1.82) is 0 Å². The zero-order chi connectivity index (χ0) is 11.4. The fourth-order valence-electron chi connectivity index (χ4n) is 1.17. The van der Waals surface area contributed by atoms with Gasteiger partial charge in [-0.25, -0.2) is 13.2 Å². The molecule has 0 aromatic heterocycles. The van der Waals surface area contributed by atoms with Crippen LogP contribution in [0.5, 0.6) is 0 Å². The molecule has 1 rings (SSSR count). The van der Waals surface area contributed by atoms with Gasteiger partial charge in [-0.05, 0) is 12.5 Å². The van der Waals surface area contributed by atoms with Crippen molar-refractivity contribution in [2.75, 3.05) is 0 Å². The summed E-state index contributed by atoms with van der Waals surface area (Å²) in [6.45, 7) is 0. The first-order valence-corrected chi connectivity index (χ1v) is 4.32. The smallest absolute Gasteiger partial charge is 0.194 e. The molecule has 80 valence electrons. The molecule has 1 N–H and O–H groups in total. The Hall–Kier alpha value is -1.47. The van der Waals surface area contributed by atoms with Crippen LogP contribution < -0.4 is 0 Å². The monoisotopic (exact) mass is 214 g/mol. The predicted octanol–water partition coefficient (Wildman–Crippen LogP) is 2.55. The van der Waals surface area contributed by atoms with Crippen LogP contribution in [0.4, 0.5) is 13.2 Å². The Labute approximate surface area is 85.5 Å². The van der Waals surface area contributed by atoms with Gasteiger partial charge in [-0.3, -0.25) is 0 Å². The number of halogens is 3. The lowest BCUT2D eigenvalue weighted by Crippen LogP contribution is -2.04. The van der Waals surface area contributed by atoms with Crippen LogP contribution in [0.3, 0.4) is 0 Å². The molecule has 0 spiro atoms. The van der Waals surface area contributed by atoms with E-state index in [9.17, 15) is 18.3 Å². The van der Waals surface area contributed by atoms with Gasteiger partial charge in [-0.1, -0.05) is 6.07 Å². The van der Waals surface area contributed by atoms with E-state index < -0.39 is 23.6 Å². The molecule has 1 nitrogen and oxygen atoms in total. The van der Waals surface area contributed by atoms with Crippen molar-refractivity contribution in [2.45, 2.75) is 18.9 Å². The van der Waals surface area contributed by atoms with E-state index in [0.29, 0.717) is 0 Å². The van der Waals surface area contributed by atoms with Gasteiger partial charge in [-0.15, -0.1) is 12.3 Å². The summed E-state index contributed by atoms with van der Waals surface area (Å²) in [5, 5.41) is 9.42. The van der Waals surface area contributed by atoms with Gasteiger partial charge in [-0.2, -0.15) is 0 Å². The van der Waals surface area contributed by atoms with Crippen LogP contribution in [0.1, 0.15) is 24.5 Å². The molecule has 15 heavy (non-hydrogen) atoms. The van der Waals surface area contributed by atoms with Crippen molar-refractivity contribution in [2.24, 2.45) is 0 Å². The molecule has 0 aliphatic carbocycles. The van der Waals surface area contributed by atoms with Gasteiger partial charge in [0.25, 0.3) is 0 Å². The van der Waals surface area contributed by atoms with Crippen molar-refractivity contribution in [3.8, 4) is 12.3 Å². The lowest BCUT2D eigenvalue weighted by molar-refractivity contribution is 0.163. The van der Waals surface area contributed by atoms with E-state index in [4.69, 9.17) is 6.42 Å². The Kier molecular flexibility index (Phi) is 3.75. The van der Waals surface area contributed by atoms with Crippen molar-refractivity contribution < 1.29 is 18.3 Å². The van der Waals surface area contributed by atoms with Gasteiger partial charge < -0.3 is 5.11 Å². The maximum atomic E-state index is 13.1. The summed E-state index contributed by atoms with van der Waals surface area (Å²) in [7, 11) is 0. The van der Waals surface area contributed by atoms with Crippen LogP contribution in [-0.2, 0) is 0 Å². The van der Waals surface area contributed by atoms with Gasteiger partial charge in [0, 0.05) is 12.0 Å². The molecule has 0 aliphatic heterocycles. The molecule has 0 fully saturated rings. The Morgan fingerprint density at radius 2 is 1.93 bits per heavy atom. The lowest BCUT2D eigenvalue weighted by atomic mass is 10.0. The predicted molar refractivity (Wildman–Crippen MR) is 49.3 cm³/mol. The van der Waals surface area contributed by atoms with Gasteiger partial charge in [0.2, 0.25) is 0 Å². The molecule has 1 atom stereocenters. The Morgan fingerprint density at radius 3 is 2.53 bits per heavy atom. The second-order valence-electron chi connectivity index (χ2n) is 3.02. The molecule has 0 bridgehead atoms. The SMILES string of the molecule is C#CCCC(O)c1ccc(F)c(F)c1F. The van der Waals surface area contributed by atoms with Crippen LogP contribution in [0.15, 0.2) is 12.1 Å². The zero-order valence-corrected chi connectivity index (χ0v) is 7.80. The highest BCUT2D eigenvalue weighted by atomic mass is 19.2. The first kappa shape index (κ1) is 11.6. The van der Waals surface area contributed by atoms with E-state index in [2.05, 4.69) is 5.92 Å². The normalized spacial score (nSPS) is 12.2. The molecule has 0 radical (unpaired) electrons. The number of hydrogen-bond acceptors (Lipinski definition) is 1. The summed E-state index contributed by atoms with van der Waals surface area (Å²) < 4.78 is 38.4. The summed E-state index contributed by atoms with van der Waals surface area (Å²) in [6.07, 6.45) is 4.09. The summed E-state index contributed by atoms with van der Waals surface area (Å²) in [5.41, 5.74) is -0.274. The van der Waals surface area contributed by atoms with Crippen LogP contribution in [-0.4, -0.2) is 5.11 Å². The number of aliphatic hydroxyl groups excluding tert-OH is 1. The van der Waals surface area contributed by atoms with Crippen LogP contribution >= 0.6 is 0 Å². The molecule has 0 aliphatic rings. The van der Waals surface area contributed by atoms with Crippen molar-refractivity contribution in [3.05, 3.63) is 35.1 Å². The van der Waals surface area contributed by atoms with Crippen LogP contribution in [0.2, 0.25) is 0 Å². The van der Waals surface area contributed by atoms with Crippen LogP contribution in [0, 0.1) is 29.8 Å². The second kappa shape index (κ2) is 4.85. The fraction of sp³-hybridized carbons (Fsp3) is 0.273. The second-order valence-corrected chi connectivity index (χ2v) is 3.02. The average molecular weight is 214 g/mol. The van der Waals surface area contributed by atoms with E-state index in [1.54, 1.807) is 0 Å². The number of rotatable bonds is 3. The maximum Gasteiger partial charge on any atom is 0.194 e. The van der Waals surface area contributed by atoms with Crippen LogP contribution in [0.25, 0.3) is 0 Å². The topological polar surface area (TPSA) is 20.2 Å². The standard InChI is InChI=1S/C11H9F3O/c1-2-3-4-9(15)7-5-6-8(12)11(14)10(7)13/h1,5-6,9,15H,3-4H2. The quantitative estimate of drug-likeness (QED) is 0.605. The molecular formula is C11H9F3O. The minimum absolute atomic E-state index is 0.110. The number of benzene rings is 1. The third kappa shape index (κ3) is 2.51. The van der Waals surface area contributed by atoms with Crippen molar-refractivity contribution in [3.63, 3.8) is 0 Å². The maximum absolute atomic E-state index is 13.1. The fourth-order valence-corrected chi connectivity index (χ4v) is 1.17. The molecule has 1 aromatic rings. The molecular weight excluding hydrogens is 205 g/mol. The van der Waals surface area contributed by atoms with E-state index in [1.807, 2.05) is 0 Å². The molecule has 0 heterocycles. The van der Waals surface area contributed by atoms with Gasteiger partial charge in [0.1, 0.15) is 0 Å². The van der Waals surface area contributed by atoms with Gasteiger partial charge in [0.05, 0.1) is 6.10 Å². The lowest BCUT2D eigenvalue weighted by Gasteiger charge is -2.10. The number of aliphatic hydroxyl groups is 1. The summed E-state index contributed by atoms with van der Waals surface area (Å²) in [5.74, 6) is -1.95. The van der Waals surface area contributed by atoms with E-state index in [0.717, 1.165) is 12.1 Å². The third-order valence-corrected chi connectivity index (χ3v) is 1.99. The molecule has 0 saturated heterocycles. The summed E-state index contributed by atoms with van der Waals surface area (Å²) in [4.78, 5) is 0. The number of hydrogen-bond donors (Lipinski definition) is 1. The highest BCUT2D eigenvalue weighted by Crippen LogP contribution is 2.24. The Balaban J connectivity index is 2.96. The van der Waals surface area contributed by atoms with Gasteiger partial charge >= 0.3 is 0 Å². The van der Waals surface area contributed by atoms with E-state index >= 15 is 0 Å². The molecule has 0 amide bonds. The third-order valence-electron chi connectivity index (χ3n) is 1.99. The van der Waals surface area contributed by atoms with Gasteiger partial charge in [0.15, 0.2) is 17.5 Å². The van der Waals surface area contributed by atoms with E-state index in [1.165, 1.54) is 0 Å². The molecule has 1 aromatic carbocycles. The Morgan fingerprint density at radius 1 is 1.27 bits per heavy atom. The highest BCUT2D eigenvalue weighted by Gasteiger charge is 2.18. The summed E-state index contributed by atoms with van der Waals surface area (Å²) in [6, 6.07) is 1.78. The molecule has 1 unspecified atom stereocenters. The van der Waals surface area contributed by atoms with Crippen molar-refractivity contribution in [1.82, 2.24) is 0 Å². The first-order valence-electron chi connectivity index (χ1n) is 4.32. The minimum atomic E-state index is -1.58. The first-order chi connectivity index (χ1) is 7.07. The largest absolute Gasteiger partial charge is 0.388 e. The van der Waals surface area contributed by atoms with Crippen molar-refractivity contribution >= 4 is 0 Å². The zero-order valence-electron chi connectivity index (χ0n) is 7.80. The minimum Gasteiger partial charge on any atom is -0.388 e. The Bertz CT molecular complexity index is 396. The molecule has 0 saturated carbocycles.